The number of carbonyl (C=O) groups is 2. The number of allylic oxidation sites excluding steroid dienone is 4. The molecular formula is C43H55NO7. The fraction of sp³-hybridized carbons (Fsp3) is 0.581. The average molecular weight is 698 g/mol. The Balaban J connectivity index is 1.25. The van der Waals surface area contributed by atoms with Crippen LogP contribution in [0.5, 0.6) is 17.2 Å². The van der Waals surface area contributed by atoms with E-state index < -0.39 is 27.9 Å². The highest BCUT2D eigenvalue weighted by Gasteiger charge is 2.74. The molecule has 51 heavy (non-hydrogen) atoms. The number of rotatable bonds is 11. The second-order valence-electron chi connectivity index (χ2n) is 16.5. The van der Waals surface area contributed by atoms with Crippen LogP contribution in [0.2, 0.25) is 0 Å². The Labute approximate surface area is 302 Å². The predicted octanol–water partition coefficient (Wildman–Crippen LogP) is 6.97. The van der Waals surface area contributed by atoms with Crippen molar-refractivity contribution in [3.63, 3.8) is 0 Å². The van der Waals surface area contributed by atoms with Crippen LogP contribution in [0.4, 0.5) is 0 Å². The monoisotopic (exact) mass is 697 g/mol. The molecule has 1 amide bonds. The minimum Gasteiger partial charge on any atom is -0.497 e. The summed E-state index contributed by atoms with van der Waals surface area (Å²) in [6.07, 6.45) is 12.8. The first kappa shape index (κ1) is 35.8. The zero-order valence-corrected chi connectivity index (χ0v) is 31.2. The third-order valence-electron chi connectivity index (χ3n) is 14.4. The zero-order chi connectivity index (χ0) is 36.4. The van der Waals surface area contributed by atoms with Crippen LogP contribution in [0.3, 0.4) is 0 Å². The molecule has 2 aromatic carbocycles. The van der Waals surface area contributed by atoms with Crippen LogP contribution in [0.25, 0.3) is 0 Å². The number of aliphatic hydroxyl groups is 2. The molecule has 8 rings (SSSR count). The van der Waals surface area contributed by atoms with E-state index in [1.807, 2.05) is 47.4 Å². The van der Waals surface area contributed by atoms with Gasteiger partial charge in [-0.05, 0) is 111 Å². The third kappa shape index (κ3) is 5.21. The predicted molar refractivity (Wildman–Crippen MR) is 196 cm³/mol. The van der Waals surface area contributed by atoms with E-state index in [4.69, 9.17) is 14.2 Å². The molecule has 0 heterocycles. The molecule has 8 unspecified atom stereocenters. The van der Waals surface area contributed by atoms with Gasteiger partial charge in [-0.3, -0.25) is 9.59 Å². The topological polar surface area (TPSA) is 106 Å². The van der Waals surface area contributed by atoms with Gasteiger partial charge in [-0.25, -0.2) is 0 Å². The van der Waals surface area contributed by atoms with E-state index >= 15 is 0 Å². The van der Waals surface area contributed by atoms with Crippen LogP contribution in [0.15, 0.2) is 66.3 Å². The first-order valence-corrected chi connectivity index (χ1v) is 18.9. The molecule has 3 saturated carbocycles. The molecule has 2 spiro atoms. The SMILES string of the molecule is CCCN(CC1(O)CCC2C34C=CC5(C=C3C(=O)c3ccc(OC)cc3)CC(O)CCC5(C)C4CCC21C)C(=O)Cc1ccc(OC)c(OC)c1. The number of fused-ring (bicyclic) bond motifs is 1. The van der Waals surface area contributed by atoms with Crippen molar-refractivity contribution < 1.29 is 34.0 Å². The zero-order valence-electron chi connectivity index (χ0n) is 31.2. The number of methoxy groups -OCH3 is 3. The standard InChI is InChI=1S/C43H55NO7/c1-7-22-44(37(46)24-28-8-13-33(50-5)34(23-28)51-6)27-42(48)19-16-36-40(42,3)18-15-35-39(2)17-14-30(45)25-41(39)20-21-43(35,36)32(26-41)38(47)29-9-11-31(49-4)12-10-29/h8-13,20-21,23,26,30,35-36,45,48H,7,14-19,22,24-25,27H2,1-6H3. The van der Waals surface area contributed by atoms with Gasteiger partial charge in [-0.15, -0.1) is 0 Å². The maximum Gasteiger partial charge on any atom is 0.227 e. The van der Waals surface area contributed by atoms with Gasteiger partial charge >= 0.3 is 0 Å². The summed E-state index contributed by atoms with van der Waals surface area (Å²) in [5.74, 6) is 2.09. The van der Waals surface area contributed by atoms with E-state index in [1.165, 1.54) is 0 Å². The molecule has 0 radical (unpaired) electrons. The molecule has 0 aromatic heterocycles. The van der Waals surface area contributed by atoms with Crippen LogP contribution in [-0.2, 0) is 11.2 Å². The van der Waals surface area contributed by atoms with Crippen LogP contribution in [0, 0.1) is 33.5 Å². The van der Waals surface area contributed by atoms with Gasteiger partial charge < -0.3 is 29.3 Å². The lowest BCUT2D eigenvalue weighted by molar-refractivity contribution is -0.178. The largest absolute Gasteiger partial charge is 0.497 e. The number of amides is 1. The van der Waals surface area contributed by atoms with Crippen molar-refractivity contribution in [2.45, 2.75) is 90.3 Å². The van der Waals surface area contributed by atoms with E-state index in [1.54, 1.807) is 21.3 Å². The van der Waals surface area contributed by atoms with Crippen molar-refractivity contribution in [2.24, 2.45) is 33.5 Å². The number of ether oxygens (including phenoxy) is 3. The van der Waals surface area contributed by atoms with Crippen molar-refractivity contribution in [2.75, 3.05) is 34.4 Å². The molecule has 6 aliphatic carbocycles. The van der Waals surface area contributed by atoms with Crippen LogP contribution < -0.4 is 14.2 Å². The van der Waals surface area contributed by atoms with Gasteiger partial charge in [0.2, 0.25) is 5.91 Å². The summed E-state index contributed by atoms with van der Waals surface area (Å²) in [6, 6.07) is 12.9. The van der Waals surface area contributed by atoms with E-state index in [2.05, 4.69) is 39.0 Å². The first-order valence-electron chi connectivity index (χ1n) is 18.9. The Hall–Kier alpha value is -3.62. The maximum absolute atomic E-state index is 14.8. The number of benzene rings is 2. The number of ketones is 1. The first-order chi connectivity index (χ1) is 24.3. The van der Waals surface area contributed by atoms with Gasteiger partial charge in [0.25, 0.3) is 0 Å². The molecule has 2 N–H and O–H groups in total. The third-order valence-corrected chi connectivity index (χ3v) is 14.4. The Morgan fingerprint density at radius 2 is 1.55 bits per heavy atom. The molecular weight excluding hydrogens is 642 g/mol. The number of hydrogen-bond donors (Lipinski definition) is 2. The van der Waals surface area contributed by atoms with Crippen molar-refractivity contribution in [3.8, 4) is 17.2 Å². The highest BCUT2D eigenvalue weighted by atomic mass is 16.5. The van der Waals surface area contributed by atoms with E-state index in [0.717, 1.165) is 49.7 Å². The second-order valence-corrected chi connectivity index (χ2v) is 16.5. The summed E-state index contributed by atoms with van der Waals surface area (Å²) in [4.78, 5) is 30.7. The van der Waals surface area contributed by atoms with Crippen molar-refractivity contribution in [1.82, 2.24) is 4.90 Å². The summed E-state index contributed by atoms with van der Waals surface area (Å²) in [5.41, 5.74) is -0.462. The average Bonchev–Trinajstić information content (AvgIpc) is 3.40. The Morgan fingerprint density at radius 1 is 0.863 bits per heavy atom. The Bertz CT molecular complexity index is 1750. The Morgan fingerprint density at radius 3 is 2.24 bits per heavy atom. The molecule has 8 atom stereocenters. The molecule has 6 aliphatic rings. The van der Waals surface area contributed by atoms with Gasteiger partial charge in [0.05, 0.1) is 39.5 Å². The molecule has 8 heteroatoms. The van der Waals surface area contributed by atoms with Gasteiger partial charge in [-0.2, -0.15) is 0 Å². The molecule has 2 bridgehead atoms. The van der Waals surface area contributed by atoms with Gasteiger partial charge in [0.15, 0.2) is 17.3 Å². The summed E-state index contributed by atoms with van der Waals surface area (Å²) in [7, 11) is 4.80. The van der Waals surface area contributed by atoms with Gasteiger partial charge in [-0.1, -0.05) is 45.1 Å². The maximum atomic E-state index is 14.8. The highest BCUT2D eigenvalue weighted by Crippen LogP contribution is 2.78. The number of carbonyl (C=O) groups excluding carboxylic acids is 2. The molecule has 8 nitrogen and oxygen atoms in total. The smallest absolute Gasteiger partial charge is 0.227 e. The fourth-order valence-electron chi connectivity index (χ4n) is 11.7. The molecule has 3 fully saturated rings. The van der Waals surface area contributed by atoms with Gasteiger partial charge in [0, 0.05) is 40.5 Å². The number of Topliss-reactive ketones (excluding diaryl/α,β-unsaturated/α-hetero) is 1. The molecule has 0 saturated heterocycles. The minimum atomic E-state index is -1.13. The van der Waals surface area contributed by atoms with Crippen LogP contribution in [0.1, 0.15) is 88.1 Å². The second kappa shape index (κ2) is 12.8. The van der Waals surface area contributed by atoms with Crippen molar-refractivity contribution in [1.29, 1.82) is 0 Å². The number of aliphatic hydroxyl groups excluding tert-OH is 1. The summed E-state index contributed by atoms with van der Waals surface area (Å²) in [5, 5.41) is 24.0. The summed E-state index contributed by atoms with van der Waals surface area (Å²) < 4.78 is 16.3. The Kier molecular flexibility index (Phi) is 8.98. The van der Waals surface area contributed by atoms with Gasteiger partial charge in [0.1, 0.15) is 5.75 Å². The summed E-state index contributed by atoms with van der Waals surface area (Å²) >= 11 is 0. The minimum absolute atomic E-state index is 0.00449. The lowest BCUT2D eigenvalue weighted by atomic mass is 9.32. The van der Waals surface area contributed by atoms with E-state index in [9.17, 15) is 19.8 Å². The number of hydrogen-bond acceptors (Lipinski definition) is 7. The van der Waals surface area contributed by atoms with Crippen LogP contribution in [-0.4, -0.2) is 72.9 Å². The molecule has 0 aliphatic heterocycles. The fourth-order valence-corrected chi connectivity index (χ4v) is 11.7. The lowest BCUT2D eigenvalue weighted by Crippen LogP contribution is -2.67. The van der Waals surface area contributed by atoms with Crippen molar-refractivity contribution in [3.05, 3.63) is 77.4 Å². The lowest BCUT2D eigenvalue weighted by Gasteiger charge is -2.71. The number of nitrogens with zero attached hydrogens (tertiary/aromatic N) is 1. The quantitative estimate of drug-likeness (QED) is 0.193. The van der Waals surface area contributed by atoms with Crippen LogP contribution >= 0.6 is 0 Å². The molecule has 2 aromatic rings. The summed E-state index contributed by atoms with van der Waals surface area (Å²) in [6.45, 7) is 7.49. The van der Waals surface area contributed by atoms with Crippen molar-refractivity contribution >= 4 is 11.7 Å². The van der Waals surface area contributed by atoms with E-state index in [0.29, 0.717) is 42.2 Å². The highest BCUT2D eigenvalue weighted by molar-refractivity contribution is 6.10. The van der Waals surface area contributed by atoms with E-state index in [-0.39, 0.29) is 41.9 Å². The molecule has 274 valence electrons. The normalized spacial score (nSPS) is 36.0.